The van der Waals surface area contributed by atoms with Crippen LogP contribution in [0.3, 0.4) is 0 Å². The molecule has 0 aliphatic heterocycles. The number of rotatable bonds is 1. The molecule has 0 spiro atoms. The second kappa shape index (κ2) is 2.09. The molecular weight excluding hydrogens is 104 g/mol. The van der Waals surface area contributed by atoms with E-state index >= 15 is 0 Å². The third kappa shape index (κ3) is 0.793. The predicted molar refractivity (Wildman–Crippen MR) is 29.3 cm³/mol. The summed E-state index contributed by atoms with van der Waals surface area (Å²) in [7, 11) is 0. The number of allylic oxidation sites excluding steroid dienone is 2. The molecule has 2 heteroatoms. The molecule has 1 aliphatic carbocycles. The predicted octanol–water partition coefficient (Wildman–Crippen LogP) is 0.124. The smallest absolute Gasteiger partial charge is 0.161 e. The molecule has 1 rings (SSSR count). The van der Waals surface area contributed by atoms with Crippen molar-refractivity contribution in [2.75, 3.05) is 6.61 Å². The van der Waals surface area contributed by atoms with Crippen molar-refractivity contribution < 1.29 is 9.90 Å². The van der Waals surface area contributed by atoms with Crippen LogP contribution in [0, 0.1) is 5.92 Å². The highest BCUT2D eigenvalue weighted by Gasteiger charge is 2.17. The molecule has 44 valence electrons. The summed E-state index contributed by atoms with van der Waals surface area (Å²) in [6.45, 7) is -0.00810. The summed E-state index contributed by atoms with van der Waals surface area (Å²) in [6.07, 6.45) is 4.04. The summed E-state index contributed by atoms with van der Waals surface area (Å²) in [5, 5.41) is 8.48. The largest absolute Gasteiger partial charge is 0.396 e. The maximum atomic E-state index is 10.6. The number of hydrogen-bond donors (Lipinski definition) is 1. The molecule has 1 aliphatic rings. The van der Waals surface area contributed by atoms with Crippen LogP contribution in [-0.4, -0.2) is 17.5 Å². The molecule has 0 amide bonds. The van der Waals surface area contributed by atoms with E-state index in [2.05, 4.69) is 0 Å². The summed E-state index contributed by atoms with van der Waals surface area (Å²) in [6, 6.07) is 0. The van der Waals surface area contributed by atoms with Crippen molar-refractivity contribution in [1.29, 1.82) is 0 Å². The molecule has 2 nitrogen and oxygen atoms in total. The second-order valence-corrected chi connectivity index (χ2v) is 1.92. The van der Waals surface area contributed by atoms with Gasteiger partial charge in [-0.3, -0.25) is 4.79 Å². The fourth-order valence-corrected chi connectivity index (χ4v) is 0.765. The molecule has 0 saturated heterocycles. The molecule has 0 saturated carbocycles. The topological polar surface area (TPSA) is 37.3 Å². The number of aliphatic hydroxyl groups excluding tert-OH is 1. The summed E-state index contributed by atoms with van der Waals surface area (Å²) in [5.41, 5.74) is 0. The van der Waals surface area contributed by atoms with Crippen molar-refractivity contribution in [2.45, 2.75) is 6.42 Å². The van der Waals surface area contributed by atoms with Gasteiger partial charge in [-0.05, 0) is 12.5 Å². The maximum Gasteiger partial charge on any atom is 0.161 e. The van der Waals surface area contributed by atoms with Crippen LogP contribution in [0.25, 0.3) is 0 Å². The Bertz CT molecular complexity index is 126. The molecule has 0 heterocycles. The first-order valence-corrected chi connectivity index (χ1v) is 2.66. The van der Waals surface area contributed by atoms with E-state index in [0.29, 0.717) is 0 Å². The summed E-state index contributed by atoms with van der Waals surface area (Å²) in [4.78, 5) is 10.6. The Morgan fingerprint density at radius 3 is 2.88 bits per heavy atom. The van der Waals surface area contributed by atoms with Gasteiger partial charge in [0.05, 0.1) is 6.61 Å². The van der Waals surface area contributed by atoms with Gasteiger partial charge in [-0.1, -0.05) is 6.08 Å². The van der Waals surface area contributed by atoms with Crippen LogP contribution in [-0.2, 0) is 4.79 Å². The molecule has 0 bridgehead atoms. The minimum atomic E-state index is -0.130. The van der Waals surface area contributed by atoms with Gasteiger partial charge in [0.1, 0.15) is 0 Å². The molecule has 0 aromatic carbocycles. The lowest BCUT2D eigenvalue weighted by molar-refractivity contribution is -0.118. The first kappa shape index (κ1) is 5.51. The van der Waals surface area contributed by atoms with Gasteiger partial charge in [-0.2, -0.15) is 0 Å². The van der Waals surface area contributed by atoms with Gasteiger partial charge in [-0.15, -0.1) is 0 Å². The fourth-order valence-electron chi connectivity index (χ4n) is 0.765. The maximum absolute atomic E-state index is 10.6. The Morgan fingerprint density at radius 1 is 1.88 bits per heavy atom. The number of hydrogen-bond acceptors (Lipinski definition) is 2. The average Bonchev–Trinajstić information content (AvgIpc) is 2.14. The molecule has 1 atom stereocenters. The zero-order valence-corrected chi connectivity index (χ0v) is 4.50. The molecule has 1 N–H and O–H groups in total. The number of aliphatic hydroxyl groups is 1. The second-order valence-electron chi connectivity index (χ2n) is 1.92. The zero-order chi connectivity index (χ0) is 5.98. The normalized spacial score (nSPS) is 27.1. The lowest BCUT2D eigenvalue weighted by Crippen LogP contribution is -2.10. The van der Waals surface area contributed by atoms with Crippen LogP contribution in [0.4, 0.5) is 0 Å². The van der Waals surface area contributed by atoms with Crippen molar-refractivity contribution in [3.63, 3.8) is 0 Å². The van der Waals surface area contributed by atoms with Crippen molar-refractivity contribution in [3.05, 3.63) is 12.2 Å². The highest BCUT2D eigenvalue weighted by atomic mass is 16.3. The van der Waals surface area contributed by atoms with Crippen LogP contribution in [0.2, 0.25) is 0 Å². The highest BCUT2D eigenvalue weighted by Crippen LogP contribution is 2.12. The van der Waals surface area contributed by atoms with Gasteiger partial charge in [0.2, 0.25) is 0 Å². The first-order chi connectivity index (χ1) is 3.84. The van der Waals surface area contributed by atoms with E-state index in [1.807, 2.05) is 0 Å². The van der Waals surface area contributed by atoms with E-state index < -0.39 is 0 Å². The number of ketones is 1. The van der Waals surface area contributed by atoms with Gasteiger partial charge < -0.3 is 5.11 Å². The summed E-state index contributed by atoms with van der Waals surface area (Å²) >= 11 is 0. The van der Waals surface area contributed by atoms with Gasteiger partial charge in [0.25, 0.3) is 0 Å². The molecule has 8 heavy (non-hydrogen) atoms. The lowest BCUT2D eigenvalue weighted by atomic mass is 10.1. The van der Waals surface area contributed by atoms with Crippen molar-refractivity contribution in [2.24, 2.45) is 5.92 Å². The average molecular weight is 112 g/mol. The third-order valence-corrected chi connectivity index (χ3v) is 1.33. The van der Waals surface area contributed by atoms with Crippen molar-refractivity contribution >= 4 is 5.78 Å². The Morgan fingerprint density at radius 2 is 2.62 bits per heavy atom. The SMILES string of the molecule is O=C1C=CC[C@H]1CO. The lowest BCUT2D eigenvalue weighted by Gasteiger charge is -1.98. The van der Waals surface area contributed by atoms with Crippen LogP contribution < -0.4 is 0 Å². The van der Waals surface area contributed by atoms with E-state index in [1.165, 1.54) is 6.08 Å². The number of carbonyl (C=O) groups is 1. The van der Waals surface area contributed by atoms with Crippen LogP contribution in [0.1, 0.15) is 6.42 Å². The van der Waals surface area contributed by atoms with Gasteiger partial charge in [0.15, 0.2) is 5.78 Å². The van der Waals surface area contributed by atoms with E-state index in [1.54, 1.807) is 6.08 Å². The summed E-state index contributed by atoms with van der Waals surface area (Å²) < 4.78 is 0. The Hall–Kier alpha value is -0.630. The van der Waals surface area contributed by atoms with Crippen molar-refractivity contribution in [3.8, 4) is 0 Å². The van der Waals surface area contributed by atoms with E-state index in [9.17, 15) is 4.79 Å². The van der Waals surface area contributed by atoms with E-state index in [0.717, 1.165) is 6.42 Å². The van der Waals surface area contributed by atoms with Crippen LogP contribution >= 0.6 is 0 Å². The van der Waals surface area contributed by atoms with E-state index in [-0.39, 0.29) is 18.3 Å². The minimum absolute atomic E-state index is 0.00810. The fraction of sp³-hybridized carbons (Fsp3) is 0.500. The standard InChI is InChI=1S/C6H8O2/c7-4-5-2-1-3-6(5)8/h1,3,5,7H,2,4H2/t5-/m0/s1. The molecule has 0 aromatic heterocycles. The Labute approximate surface area is 47.8 Å². The molecular formula is C6H8O2. The van der Waals surface area contributed by atoms with Gasteiger partial charge >= 0.3 is 0 Å². The Kier molecular flexibility index (Phi) is 1.44. The van der Waals surface area contributed by atoms with Gasteiger partial charge in [0, 0.05) is 5.92 Å². The molecule has 0 unspecified atom stereocenters. The third-order valence-electron chi connectivity index (χ3n) is 1.33. The van der Waals surface area contributed by atoms with Gasteiger partial charge in [-0.25, -0.2) is 0 Å². The van der Waals surface area contributed by atoms with E-state index in [4.69, 9.17) is 5.11 Å². The monoisotopic (exact) mass is 112 g/mol. The summed E-state index contributed by atoms with van der Waals surface area (Å²) in [5.74, 6) is -0.0671. The zero-order valence-electron chi connectivity index (χ0n) is 4.50. The number of carbonyl (C=O) groups excluding carboxylic acids is 1. The minimum Gasteiger partial charge on any atom is -0.396 e. The Balaban J connectivity index is 2.51. The molecule has 0 radical (unpaired) electrons. The molecule has 0 aromatic rings. The first-order valence-electron chi connectivity index (χ1n) is 2.66. The van der Waals surface area contributed by atoms with Crippen LogP contribution in [0.5, 0.6) is 0 Å². The highest BCUT2D eigenvalue weighted by molar-refractivity contribution is 5.94. The van der Waals surface area contributed by atoms with Crippen molar-refractivity contribution in [1.82, 2.24) is 0 Å². The van der Waals surface area contributed by atoms with Crippen LogP contribution in [0.15, 0.2) is 12.2 Å². The molecule has 0 fully saturated rings. The quantitative estimate of drug-likeness (QED) is 0.523.